The van der Waals surface area contributed by atoms with Crippen molar-refractivity contribution in [3.63, 3.8) is 0 Å². The normalized spacial score (nSPS) is 26.0. The first-order chi connectivity index (χ1) is 12.7. The molecule has 1 N–H and O–H groups in total. The molecular formula is C18H27F3N4O2. The van der Waals surface area contributed by atoms with Gasteiger partial charge in [0, 0.05) is 25.8 Å². The van der Waals surface area contributed by atoms with E-state index in [4.69, 9.17) is 4.74 Å². The summed E-state index contributed by atoms with van der Waals surface area (Å²) in [7, 11) is 1.45. The van der Waals surface area contributed by atoms with Gasteiger partial charge in [0.1, 0.15) is 12.4 Å². The van der Waals surface area contributed by atoms with Crippen molar-refractivity contribution in [1.82, 2.24) is 14.7 Å². The fourth-order valence-electron chi connectivity index (χ4n) is 3.97. The molecule has 0 radical (unpaired) electrons. The first kappa shape index (κ1) is 20.0. The molecule has 2 aliphatic heterocycles. The minimum absolute atomic E-state index is 0.0388. The number of nitrogens with zero attached hydrogens (tertiary/aromatic N) is 3. The maximum absolute atomic E-state index is 13.6. The van der Waals surface area contributed by atoms with Gasteiger partial charge in [-0.3, -0.25) is 4.79 Å². The van der Waals surface area contributed by atoms with Crippen LogP contribution in [0.15, 0.2) is 6.07 Å². The lowest BCUT2D eigenvalue weighted by Crippen LogP contribution is -2.41. The summed E-state index contributed by atoms with van der Waals surface area (Å²) >= 11 is 0. The van der Waals surface area contributed by atoms with Crippen LogP contribution in [0.2, 0.25) is 0 Å². The van der Waals surface area contributed by atoms with Crippen LogP contribution in [0.25, 0.3) is 0 Å². The van der Waals surface area contributed by atoms with Crippen LogP contribution in [-0.2, 0) is 9.53 Å². The highest BCUT2D eigenvalue weighted by molar-refractivity contribution is 5.78. The van der Waals surface area contributed by atoms with Crippen LogP contribution >= 0.6 is 0 Å². The Morgan fingerprint density at radius 2 is 2.15 bits per heavy atom. The van der Waals surface area contributed by atoms with Crippen molar-refractivity contribution in [3.05, 3.63) is 11.8 Å². The highest BCUT2D eigenvalue weighted by Crippen LogP contribution is 2.42. The molecule has 3 rings (SSSR count). The third-order valence-electron chi connectivity index (χ3n) is 5.48. The number of ether oxygens (including phenoxy) is 1. The largest absolute Gasteiger partial charge is 0.410 e. The summed E-state index contributed by atoms with van der Waals surface area (Å²) in [5.41, 5.74) is 0.514. The summed E-state index contributed by atoms with van der Waals surface area (Å²) in [6, 6.07) is -0.559. The first-order valence-corrected chi connectivity index (χ1v) is 9.43. The molecule has 1 aromatic rings. The second-order valence-corrected chi connectivity index (χ2v) is 7.72. The van der Waals surface area contributed by atoms with Crippen molar-refractivity contribution in [2.45, 2.75) is 63.8 Å². The summed E-state index contributed by atoms with van der Waals surface area (Å²) < 4.78 is 46.9. The van der Waals surface area contributed by atoms with Gasteiger partial charge in [-0.2, -0.15) is 18.3 Å². The number of aromatic nitrogens is 2. The Morgan fingerprint density at radius 1 is 1.41 bits per heavy atom. The van der Waals surface area contributed by atoms with Crippen LogP contribution in [0.4, 0.5) is 19.0 Å². The average molecular weight is 388 g/mol. The van der Waals surface area contributed by atoms with Crippen LogP contribution in [0.1, 0.15) is 57.3 Å². The molecule has 0 aliphatic carbocycles. The summed E-state index contributed by atoms with van der Waals surface area (Å²) in [5, 5.41) is 7.51. The maximum Gasteiger partial charge on any atom is 0.410 e. The van der Waals surface area contributed by atoms with Crippen LogP contribution in [-0.4, -0.2) is 53.1 Å². The van der Waals surface area contributed by atoms with Gasteiger partial charge >= 0.3 is 6.18 Å². The first-order valence-electron chi connectivity index (χ1n) is 9.43. The van der Waals surface area contributed by atoms with E-state index in [1.165, 1.54) is 7.11 Å². The average Bonchev–Trinajstić information content (AvgIpc) is 3.04. The van der Waals surface area contributed by atoms with Gasteiger partial charge in [-0.05, 0) is 31.6 Å². The summed E-state index contributed by atoms with van der Waals surface area (Å²) in [4.78, 5) is 14.0. The fourth-order valence-corrected chi connectivity index (χ4v) is 3.97. The lowest BCUT2D eigenvalue weighted by atomic mass is 9.94. The van der Waals surface area contributed by atoms with E-state index in [1.54, 1.807) is 11.0 Å². The van der Waals surface area contributed by atoms with Crippen molar-refractivity contribution >= 4 is 11.7 Å². The minimum Gasteiger partial charge on any atom is -0.375 e. The van der Waals surface area contributed by atoms with Gasteiger partial charge in [0.05, 0.1) is 11.7 Å². The number of carbonyl (C=O) groups is 1. The zero-order valence-corrected chi connectivity index (χ0v) is 15.9. The molecule has 3 atom stereocenters. The predicted molar refractivity (Wildman–Crippen MR) is 94.4 cm³/mol. The number of rotatable bonds is 4. The number of methoxy groups -OCH3 is 1. The highest BCUT2D eigenvalue weighted by atomic mass is 19.4. The molecule has 1 fully saturated rings. The summed E-state index contributed by atoms with van der Waals surface area (Å²) in [5.74, 6) is 0.284. The number of nitrogens with one attached hydrogen (secondary N) is 1. The molecule has 1 aromatic heterocycles. The van der Waals surface area contributed by atoms with E-state index >= 15 is 0 Å². The molecule has 0 aromatic carbocycles. The van der Waals surface area contributed by atoms with Gasteiger partial charge in [-0.1, -0.05) is 13.8 Å². The Bertz CT molecular complexity index is 674. The van der Waals surface area contributed by atoms with E-state index in [9.17, 15) is 18.0 Å². The monoisotopic (exact) mass is 388 g/mol. The zero-order chi connectivity index (χ0) is 19.8. The second-order valence-electron chi connectivity index (χ2n) is 7.72. The van der Waals surface area contributed by atoms with Crippen molar-refractivity contribution < 1.29 is 22.7 Å². The molecule has 152 valence electrons. The van der Waals surface area contributed by atoms with Gasteiger partial charge in [-0.25, -0.2) is 4.68 Å². The predicted octanol–water partition coefficient (Wildman–Crippen LogP) is 3.53. The number of alkyl halides is 3. The van der Waals surface area contributed by atoms with E-state index < -0.39 is 12.2 Å². The molecule has 3 heterocycles. The van der Waals surface area contributed by atoms with E-state index in [2.05, 4.69) is 10.4 Å². The Kier molecular flexibility index (Phi) is 5.69. The topological polar surface area (TPSA) is 59.4 Å². The van der Waals surface area contributed by atoms with Gasteiger partial charge in [0.2, 0.25) is 5.91 Å². The van der Waals surface area contributed by atoms with E-state index in [0.717, 1.165) is 17.5 Å². The lowest BCUT2D eigenvalue weighted by molar-refractivity contribution is -0.174. The molecule has 0 saturated carbocycles. The van der Waals surface area contributed by atoms with Crippen LogP contribution in [0.5, 0.6) is 0 Å². The van der Waals surface area contributed by atoms with Crippen molar-refractivity contribution in [2.75, 3.05) is 25.6 Å². The Hall–Kier alpha value is -1.77. The van der Waals surface area contributed by atoms with Crippen molar-refractivity contribution in [2.24, 2.45) is 5.92 Å². The van der Waals surface area contributed by atoms with E-state index in [1.807, 2.05) is 13.8 Å². The number of fused-ring (bicyclic) bond motifs is 1. The Morgan fingerprint density at radius 3 is 2.78 bits per heavy atom. The van der Waals surface area contributed by atoms with Crippen LogP contribution in [0.3, 0.4) is 0 Å². The zero-order valence-electron chi connectivity index (χ0n) is 15.9. The SMILES string of the molecule is COCC(=O)N1CCCCC1c1cc2n(n1)[C@@H](C(F)(F)F)C[C@@H](C(C)C)N2. The lowest BCUT2D eigenvalue weighted by Gasteiger charge is -2.35. The molecule has 1 amide bonds. The number of hydrogen-bond donors (Lipinski definition) is 1. The molecule has 1 unspecified atom stereocenters. The number of hydrogen-bond acceptors (Lipinski definition) is 4. The summed E-state index contributed by atoms with van der Waals surface area (Å²) in [6.07, 6.45) is -1.94. The van der Waals surface area contributed by atoms with Gasteiger partial charge in [0.15, 0.2) is 6.04 Å². The van der Waals surface area contributed by atoms with Crippen molar-refractivity contribution in [1.29, 1.82) is 0 Å². The van der Waals surface area contributed by atoms with Crippen molar-refractivity contribution in [3.8, 4) is 0 Å². The third kappa shape index (κ3) is 4.07. The molecule has 2 aliphatic rings. The molecule has 1 saturated heterocycles. The molecule has 27 heavy (non-hydrogen) atoms. The van der Waals surface area contributed by atoms with Crippen LogP contribution < -0.4 is 5.32 Å². The number of carbonyl (C=O) groups excluding carboxylic acids is 1. The highest BCUT2D eigenvalue weighted by Gasteiger charge is 2.47. The van der Waals surface area contributed by atoms with Gasteiger partial charge < -0.3 is 15.0 Å². The molecule has 9 heteroatoms. The third-order valence-corrected chi connectivity index (χ3v) is 5.48. The minimum atomic E-state index is -4.37. The second kappa shape index (κ2) is 7.69. The Balaban J connectivity index is 1.93. The number of anilines is 1. The maximum atomic E-state index is 13.6. The molecule has 0 spiro atoms. The van der Waals surface area contributed by atoms with Gasteiger partial charge in [-0.15, -0.1) is 0 Å². The van der Waals surface area contributed by atoms with E-state index in [-0.39, 0.29) is 36.9 Å². The summed E-state index contributed by atoms with van der Waals surface area (Å²) in [6.45, 7) is 4.34. The molecular weight excluding hydrogens is 361 g/mol. The Labute approximate surface area is 157 Å². The number of likely N-dealkylation sites (tertiary alicyclic amines) is 1. The van der Waals surface area contributed by atoms with E-state index in [0.29, 0.717) is 24.5 Å². The fraction of sp³-hybridized carbons (Fsp3) is 0.778. The number of piperidine rings is 1. The standard InChI is InChI=1S/C18H27F3N4O2/c1-11(2)12-8-15(18(19,20)21)25-16(22-12)9-13(23-25)14-6-4-5-7-24(14)17(26)10-27-3/h9,11-12,14-15,22H,4-8,10H2,1-3H3/t12-,14?,15+/m0/s1. The van der Waals surface area contributed by atoms with Gasteiger partial charge in [0.25, 0.3) is 0 Å². The number of halogens is 3. The smallest absolute Gasteiger partial charge is 0.375 e. The van der Waals surface area contributed by atoms with Crippen LogP contribution in [0, 0.1) is 5.92 Å². The molecule has 0 bridgehead atoms. The number of amides is 1. The quantitative estimate of drug-likeness (QED) is 0.857. The molecule has 6 nitrogen and oxygen atoms in total.